The molecule has 0 heterocycles. The Hall–Kier alpha value is -1.01. The zero-order valence-corrected chi connectivity index (χ0v) is 16.5. The first-order valence-electron chi connectivity index (χ1n) is 9.17. The maximum atomic E-state index is 13.5. The molecule has 8 heteroatoms. The summed E-state index contributed by atoms with van der Waals surface area (Å²) in [5, 5.41) is -3.67. The van der Waals surface area contributed by atoms with Crippen molar-refractivity contribution in [3.63, 3.8) is 0 Å². The van der Waals surface area contributed by atoms with Crippen LogP contribution in [0.2, 0.25) is 0 Å². The SMILES string of the molecule is [2H]C1([2H])[C@H](S(=O)c2ccc(C)cc2)[C@]1(C(=O)OCC)P(=O)(OCC)OCC. The highest BCUT2D eigenvalue weighted by Gasteiger charge is 2.76. The minimum absolute atomic E-state index is 0.0429. The van der Waals surface area contributed by atoms with Gasteiger partial charge in [-0.1, -0.05) is 17.7 Å². The Balaban J connectivity index is 2.59. The van der Waals surface area contributed by atoms with Gasteiger partial charge < -0.3 is 13.8 Å². The molecule has 6 nitrogen and oxygen atoms in total. The second-order valence-corrected chi connectivity index (χ2v) is 9.21. The van der Waals surface area contributed by atoms with Crippen molar-refractivity contribution in [2.45, 2.75) is 49.4 Å². The minimum Gasteiger partial charge on any atom is -0.465 e. The third-order valence-corrected chi connectivity index (χ3v) is 8.17. The Morgan fingerprint density at radius 1 is 1.24 bits per heavy atom. The van der Waals surface area contributed by atoms with Crippen molar-refractivity contribution in [1.82, 2.24) is 0 Å². The maximum absolute atomic E-state index is 13.5. The molecule has 1 unspecified atom stereocenters. The van der Waals surface area contributed by atoms with Crippen molar-refractivity contribution in [1.29, 1.82) is 0 Å². The summed E-state index contributed by atoms with van der Waals surface area (Å²) in [4.78, 5) is 13.1. The van der Waals surface area contributed by atoms with E-state index in [2.05, 4.69) is 0 Å². The third kappa shape index (κ3) is 3.75. The number of carbonyl (C=O) groups is 1. The summed E-state index contributed by atoms with van der Waals surface area (Å²) in [6, 6.07) is 6.67. The Bertz CT molecular complexity index is 759. The standard InChI is InChI=1S/C17H25O6PS/c1-5-21-16(18)17(24(19,22-6-2)23-7-3)12-15(17)25(20)14-10-8-13(4)9-11-14/h8-11,15H,5-7,12H2,1-4H3/t15-,17+,25?/m0/s1/i12D2. The molecule has 1 aromatic carbocycles. The van der Waals surface area contributed by atoms with Gasteiger partial charge in [0.15, 0.2) is 5.16 Å². The van der Waals surface area contributed by atoms with E-state index in [1.54, 1.807) is 45.0 Å². The van der Waals surface area contributed by atoms with Crippen LogP contribution in [0.1, 0.15) is 35.4 Å². The van der Waals surface area contributed by atoms with Gasteiger partial charge in [0.1, 0.15) is 0 Å². The lowest BCUT2D eigenvalue weighted by molar-refractivity contribution is -0.144. The number of benzene rings is 1. The molecule has 1 aliphatic rings. The fraction of sp³-hybridized carbons (Fsp3) is 0.588. The Morgan fingerprint density at radius 3 is 2.28 bits per heavy atom. The topological polar surface area (TPSA) is 78.9 Å². The average molecular weight is 390 g/mol. The lowest BCUT2D eigenvalue weighted by atomic mass is 10.2. The van der Waals surface area contributed by atoms with Crippen LogP contribution in [0.4, 0.5) is 0 Å². The monoisotopic (exact) mass is 390 g/mol. The van der Waals surface area contributed by atoms with Crippen LogP contribution in [0.5, 0.6) is 0 Å². The van der Waals surface area contributed by atoms with Gasteiger partial charge in [-0.15, -0.1) is 0 Å². The summed E-state index contributed by atoms with van der Waals surface area (Å²) in [5.74, 6) is -1.05. The second kappa shape index (κ2) is 8.12. The van der Waals surface area contributed by atoms with E-state index in [4.69, 9.17) is 16.5 Å². The van der Waals surface area contributed by atoms with E-state index in [9.17, 15) is 13.6 Å². The predicted molar refractivity (Wildman–Crippen MR) is 96.2 cm³/mol. The van der Waals surface area contributed by atoms with Crippen LogP contribution < -0.4 is 0 Å². The number of ether oxygens (including phenoxy) is 1. The van der Waals surface area contributed by atoms with Crippen molar-refractivity contribution < 1.29 is 30.1 Å². The summed E-state index contributed by atoms with van der Waals surface area (Å²) in [7, 11) is -6.26. The van der Waals surface area contributed by atoms with Gasteiger partial charge in [0.25, 0.3) is 0 Å². The van der Waals surface area contributed by atoms with Gasteiger partial charge in [0, 0.05) is 7.64 Å². The van der Waals surface area contributed by atoms with Crippen molar-refractivity contribution in [3.8, 4) is 0 Å². The molecule has 3 atom stereocenters. The Kier molecular flexibility index (Phi) is 5.66. The van der Waals surface area contributed by atoms with Gasteiger partial charge in [-0.2, -0.15) is 0 Å². The second-order valence-electron chi connectivity index (χ2n) is 5.45. The van der Waals surface area contributed by atoms with Gasteiger partial charge >= 0.3 is 13.6 Å². The molecule has 0 radical (unpaired) electrons. The fourth-order valence-corrected chi connectivity index (χ4v) is 6.66. The molecular weight excluding hydrogens is 363 g/mol. The first-order chi connectivity index (χ1) is 12.6. The molecule has 0 aromatic heterocycles. The quantitative estimate of drug-likeness (QED) is 0.475. The van der Waals surface area contributed by atoms with Crippen LogP contribution in [-0.4, -0.2) is 40.4 Å². The molecule has 0 saturated heterocycles. The Labute approximate surface area is 154 Å². The molecular formula is C17H25O6PS. The molecule has 1 aromatic rings. The molecule has 0 amide bonds. The van der Waals surface area contributed by atoms with E-state index in [1.165, 1.54) is 0 Å². The van der Waals surface area contributed by atoms with Crippen LogP contribution in [0.3, 0.4) is 0 Å². The van der Waals surface area contributed by atoms with Crippen molar-refractivity contribution in [2.75, 3.05) is 19.8 Å². The number of rotatable bonds is 9. The zero-order chi connectivity index (χ0) is 20.5. The first kappa shape index (κ1) is 17.4. The molecule has 0 aliphatic heterocycles. The smallest absolute Gasteiger partial charge is 0.349 e. The molecule has 0 bridgehead atoms. The van der Waals surface area contributed by atoms with Gasteiger partial charge in [0.05, 0.1) is 35.9 Å². The van der Waals surface area contributed by atoms with Gasteiger partial charge in [-0.3, -0.25) is 13.6 Å². The zero-order valence-electron chi connectivity index (χ0n) is 16.8. The van der Waals surface area contributed by atoms with E-state index in [1.807, 2.05) is 6.92 Å². The van der Waals surface area contributed by atoms with E-state index < -0.39 is 41.1 Å². The van der Waals surface area contributed by atoms with Crippen LogP contribution in [-0.2, 0) is 33.9 Å². The Morgan fingerprint density at radius 2 is 1.80 bits per heavy atom. The largest absolute Gasteiger partial charge is 0.465 e. The highest BCUT2D eigenvalue weighted by molar-refractivity contribution is 7.87. The van der Waals surface area contributed by atoms with Crippen molar-refractivity contribution >= 4 is 24.4 Å². The molecule has 1 fully saturated rings. The summed E-state index contributed by atoms with van der Waals surface area (Å²) >= 11 is 0. The third-order valence-electron chi connectivity index (χ3n) is 3.73. The maximum Gasteiger partial charge on any atom is 0.349 e. The summed E-state index contributed by atoms with van der Waals surface area (Å²) in [6.45, 7) is 6.39. The van der Waals surface area contributed by atoms with E-state index in [0.717, 1.165) is 5.56 Å². The molecule has 1 saturated carbocycles. The number of esters is 1. The lowest BCUT2D eigenvalue weighted by Crippen LogP contribution is -2.32. The van der Waals surface area contributed by atoms with Crippen LogP contribution >= 0.6 is 7.60 Å². The summed E-state index contributed by atoms with van der Waals surface area (Å²) in [5.41, 5.74) is 0.945. The van der Waals surface area contributed by atoms with E-state index in [0.29, 0.717) is 4.90 Å². The van der Waals surface area contributed by atoms with E-state index in [-0.39, 0.29) is 19.8 Å². The normalized spacial score (nSPS) is 27.1. The highest BCUT2D eigenvalue weighted by Crippen LogP contribution is 2.73. The molecule has 1 aliphatic carbocycles. The van der Waals surface area contributed by atoms with Crippen molar-refractivity contribution in [3.05, 3.63) is 29.8 Å². The first-order valence-corrected chi connectivity index (χ1v) is 10.9. The van der Waals surface area contributed by atoms with Gasteiger partial charge in [-0.25, -0.2) is 0 Å². The predicted octanol–water partition coefficient (Wildman–Crippen LogP) is 3.44. The average Bonchev–Trinajstić information content (AvgIpc) is 3.14. The van der Waals surface area contributed by atoms with Crippen LogP contribution in [0, 0.1) is 6.92 Å². The number of carbonyl (C=O) groups excluding carboxylic acids is 1. The lowest BCUT2D eigenvalue weighted by Gasteiger charge is -2.25. The van der Waals surface area contributed by atoms with Gasteiger partial charge in [-0.05, 0) is 46.2 Å². The molecule has 25 heavy (non-hydrogen) atoms. The number of hydrogen-bond donors (Lipinski definition) is 0. The minimum atomic E-state index is -4.30. The number of aryl methyl sites for hydroxylation is 1. The number of hydrogen-bond acceptors (Lipinski definition) is 6. The van der Waals surface area contributed by atoms with Gasteiger partial charge in [0.2, 0.25) is 0 Å². The highest BCUT2D eigenvalue weighted by atomic mass is 32.2. The van der Waals surface area contributed by atoms with Crippen LogP contribution in [0.15, 0.2) is 29.2 Å². The molecule has 140 valence electrons. The molecule has 0 N–H and O–H groups in total. The summed E-state index contributed by atoms with van der Waals surface area (Å²) in [6.07, 6.45) is -2.38. The van der Waals surface area contributed by atoms with E-state index >= 15 is 0 Å². The fourth-order valence-electron chi connectivity index (χ4n) is 2.50. The summed E-state index contributed by atoms with van der Waals surface area (Å²) < 4.78 is 59.1. The molecule has 2 rings (SSSR count). The van der Waals surface area contributed by atoms with Crippen molar-refractivity contribution in [2.24, 2.45) is 0 Å². The molecule has 0 spiro atoms. The van der Waals surface area contributed by atoms with Crippen LogP contribution in [0.25, 0.3) is 0 Å².